The number of aromatic hydroxyl groups is 2. The Morgan fingerprint density at radius 3 is 1.34 bits per heavy atom. The molecule has 2 aromatic heterocycles. The summed E-state index contributed by atoms with van der Waals surface area (Å²) < 4.78 is 11.5. The zero-order chi connectivity index (χ0) is 91.6. The van der Waals surface area contributed by atoms with Crippen molar-refractivity contribution in [1.29, 1.82) is 0 Å². The SMILES string of the molecule is CCCC(=O)OCN(C(=O)[C@@H](CC(=O)[C@H]1CCCCN1C)C(C)CC)[C@H](C[C@@H](C)c1nc(C(=O)C[C@@H](Cc2ccc(O)cc2)C[C@H](C)C(=O)CCCC[Si](C)(C)O)cs1)C(C)C.CCCC(=O)OCN(C(=O)[C@@H](CC(=O)[C@H]1CCCCN1C)C(C)CC)[C@H](C[C@@H](C)c1nc(C(=O)N[C@@H](Cc2ccc(O)cc2)C[C@H](C)C(=O)CCC[Si](C)(C)O)cs1)C(C)C. The summed E-state index contributed by atoms with van der Waals surface area (Å²) in [5.74, 6) is -3.05. The number of hydrogen-bond donors (Lipinski definition) is 5. The highest BCUT2D eigenvalue weighted by Gasteiger charge is 2.42. The molecule has 2 aliphatic heterocycles. The van der Waals surface area contributed by atoms with Crippen molar-refractivity contribution >= 4 is 97.9 Å². The number of aromatic nitrogens is 2. The van der Waals surface area contributed by atoms with Crippen molar-refractivity contribution in [3.8, 4) is 11.5 Å². The van der Waals surface area contributed by atoms with Crippen LogP contribution in [0.4, 0.5) is 0 Å². The van der Waals surface area contributed by atoms with Gasteiger partial charge in [0.15, 0.2) is 47.4 Å². The zero-order valence-electron chi connectivity index (χ0n) is 78.3. The quantitative estimate of drug-likeness (QED) is 0.00901. The van der Waals surface area contributed by atoms with Crippen LogP contribution in [0.25, 0.3) is 0 Å². The van der Waals surface area contributed by atoms with E-state index in [4.69, 9.17) is 19.4 Å². The molecule has 0 aliphatic carbocycles. The van der Waals surface area contributed by atoms with Crippen molar-refractivity contribution in [2.24, 2.45) is 53.3 Å². The molecule has 2 fully saturated rings. The standard InChI is InChI=1S/C49H79N3O8SSi.C47H76N4O8SSi/c1-11-17-47(57)60-32-52(49(58)40(34(5)12-2)30-46(56)42-18-13-15-24-51(42)8)43(33(3)4)27-36(7)48-50-41(31-61-48)45(55)29-38(28-37-20-22-39(53)23-21-37)26-35(6)44(54)19-14-16-25-62(9,10)59;1-11-16-44(55)59-30-51(47(57)38(32(5)12-2)28-43(54)40-17-13-14-23-50(40)8)41(31(3)4)26-34(7)46-49-39(29-60-46)45(56)48-36(27-35-19-21-37(52)22-20-35)25-33(6)42(53)18-15-24-61(9,10)58/h20-23,31,33-36,38,40,42-43,53,59H,11-19,24-30,32H2,1-10H3;19-22,29,31-34,36,38,40-41,52,58H,11-18,23-28,30H2,1-10H3,(H,48,56)/t34?,35-,36+,38+,40-,42+,43+;32?,33-,34+,36+,38-,40+,41+/m00/s1. The van der Waals surface area contributed by atoms with Crippen LogP contribution >= 0.6 is 22.7 Å². The number of ether oxygens (including phenoxy) is 2. The Bertz CT molecular complexity index is 3940. The molecule has 123 heavy (non-hydrogen) atoms. The first kappa shape index (κ1) is 107. The second-order valence-electron chi connectivity index (χ2n) is 38.1. The summed E-state index contributed by atoms with van der Waals surface area (Å²) in [6.45, 7) is 36.9. The van der Waals surface area contributed by atoms with Crippen LogP contribution in [-0.2, 0) is 60.7 Å². The van der Waals surface area contributed by atoms with Gasteiger partial charge in [0.25, 0.3) is 5.91 Å². The van der Waals surface area contributed by atoms with Crippen molar-refractivity contribution < 1.29 is 77.2 Å². The monoisotopic (exact) mass is 1780 g/mol. The Morgan fingerprint density at radius 1 is 0.520 bits per heavy atom. The van der Waals surface area contributed by atoms with Crippen molar-refractivity contribution in [1.82, 2.24) is 34.9 Å². The number of piperidine rings is 2. The molecule has 27 heteroatoms. The lowest BCUT2D eigenvalue weighted by Gasteiger charge is -2.39. The van der Waals surface area contributed by atoms with Gasteiger partial charge in [0.1, 0.15) is 34.5 Å². The van der Waals surface area contributed by atoms with E-state index in [0.717, 1.165) is 104 Å². The Hall–Kier alpha value is -6.73. The number of Topliss-reactive ketones (excluding diaryl/α,β-unsaturated/α-hetero) is 5. The summed E-state index contributed by atoms with van der Waals surface area (Å²) in [7, 11) is -0.444. The lowest BCUT2D eigenvalue weighted by atomic mass is 9.82. The third-order valence-electron chi connectivity index (χ3n) is 25.3. The Labute approximate surface area is 746 Å². The van der Waals surface area contributed by atoms with E-state index in [1.54, 1.807) is 57.0 Å². The van der Waals surface area contributed by atoms with Crippen LogP contribution in [0, 0.1) is 53.3 Å². The first-order valence-electron chi connectivity index (χ1n) is 46.2. The molecule has 14 atom stereocenters. The van der Waals surface area contributed by atoms with Crippen LogP contribution in [0.15, 0.2) is 59.3 Å². The van der Waals surface area contributed by atoms with E-state index in [9.17, 15) is 67.7 Å². The summed E-state index contributed by atoms with van der Waals surface area (Å²) in [5, 5.41) is 27.9. The lowest BCUT2D eigenvalue weighted by Crippen LogP contribution is -2.50. The van der Waals surface area contributed by atoms with Crippen molar-refractivity contribution in [3.63, 3.8) is 0 Å². The normalized spacial score (nSPS) is 17.8. The van der Waals surface area contributed by atoms with Gasteiger partial charge >= 0.3 is 11.9 Å². The summed E-state index contributed by atoms with van der Waals surface area (Å²) in [6.07, 6.45) is 15.4. The molecule has 3 amide bonds. The topological polar surface area (TPSA) is 321 Å². The Morgan fingerprint density at radius 2 is 0.927 bits per heavy atom. The molecule has 0 saturated carbocycles. The smallest absolute Gasteiger partial charge is 0.307 e. The van der Waals surface area contributed by atoms with Crippen molar-refractivity contribution in [2.45, 2.75) is 344 Å². The fourth-order valence-corrected chi connectivity index (χ4v) is 21.0. The molecule has 6 rings (SSSR count). The number of benzene rings is 2. The fraction of sp³-hybridized carbons (Fsp3) is 0.708. The molecule has 0 spiro atoms. The van der Waals surface area contributed by atoms with Crippen LogP contribution in [0.2, 0.25) is 38.3 Å². The van der Waals surface area contributed by atoms with E-state index in [1.165, 1.54) is 22.7 Å². The van der Waals surface area contributed by atoms with Gasteiger partial charge in [-0.25, -0.2) is 9.97 Å². The Balaban J connectivity index is 0.000000437. The number of ketones is 5. The number of unbranched alkanes of at least 4 members (excludes halogenated alkanes) is 1. The van der Waals surface area contributed by atoms with Gasteiger partial charge in [0, 0.05) is 109 Å². The predicted molar refractivity (Wildman–Crippen MR) is 496 cm³/mol. The maximum Gasteiger partial charge on any atom is 0.307 e. The summed E-state index contributed by atoms with van der Waals surface area (Å²) in [5.41, 5.74) is 2.53. The highest BCUT2D eigenvalue weighted by atomic mass is 32.1. The van der Waals surface area contributed by atoms with E-state index in [2.05, 4.69) is 29.0 Å². The van der Waals surface area contributed by atoms with Crippen LogP contribution in [0.5, 0.6) is 11.5 Å². The van der Waals surface area contributed by atoms with Crippen molar-refractivity contribution in [3.05, 3.63) is 91.8 Å². The maximum atomic E-state index is 14.8. The summed E-state index contributed by atoms with van der Waals surface area (Å²) >= 11 is 2.80. The first-order chi connectivity index (χ1) is 58.0. The van der Waals surface area contributed by atoms with Crippen LogP contribution in [-0.4, -0.2) is 195 Å². The largest absolute Gasteiger partial charge is 0.508 e. The number of carbonyl (C=O) groups is 10. The number of thiazole rings is 2. The van der Waals surface area contributed by atoms with Gasteiger partial charge in [-0.3, -0.25) is 57.7 Å². The van der Waals surface area contributed by atoms with Crippen molar-refractivity contribution in [2.75, 3.05) is 40.6 Å². The minimum atomic E-state index is -2.26. The molecule has 5 N–H and O–H groups in total. The number of carbonyl (C=O) groups excluding carboxylic acids is 10. The number of nitrogens with zero attached hydrogens (tertiary/aromatic N) is 6. The van der Waals surface area contributed by atoms with Crippen LogP contribution in [0.3, 0.4) is 0 Å². The molecular weight excluding hydrogens is 1630 g/mol. The van der Waals surface area contributed by atoms with Gasteiger partial charge in [0.05, 0.1) is 22.1 Å². The molecule has 0 radical (unpaired) electrons. The third-order valence-corrected chi connectivity index (χ3v) is 30.7. The number of phenols is 2. The zero-order valence-corrected chi connectivity index (χ0v) is 82.0. The number of hydrogen-bond acceptors (Lipinski definition) is 22. The van der Waals surface area contributed by atoms with Crippen LogP contribution < -0.4 is 5.32 Å². The molecule has 2 saturated heterocycles. The van der Waals surface area contributed by atoms with Gasteiger partial charge in [-0.15, -0.1) is 22.7 Å². The number of rotatable bonds is 54. The molecule has 2 aliphatic rings. The predicted octanol–water partition coefficient (Wildman–Crippen LogP) is 18.5. The average Bonchev–Trinajstić information content (AvgIpc) is 1.66. The van der Waals surface area contributed by atoms with Gasteiger partial charge in [-0.2, -0.15) is 0 Å². The van der Waals surface area contributed by atoms with E-state index in [-0.39, 0.29) is 205 Å². The minimum Gasteiger partial charge on any atom is -0.508 e. The molecule has 4 aromatic rings. The van der Waals surface area contributed by atoms with Gasteiger partial charge < -0.3 is 44.4 Å². The molecule has 2 unspecified atom stereocenters. The maximum absolute atomic E-state index is 14.8. The molecule has 2 aromatic carbocycles. The third kappa shape index (κ3) is 36.9. The average molecular weight is 1780 g/mol. The van der Waals surface area contributed by atoms with Gasteiger partial charge in [-0.05, 0) is 220 Å². The number of phenolic OH excluding ortho intramolecular Hbond substituents is 2. The number of likely N-dealkylation sites (N-methyl/N-ethyl adjacent to an activating group) is 2. The first-order valence-corrected chi connectivity index (χ1v) is 54.2. The highest BCUT2D eigenvalue weighted by Crippen LogP contribution is 2.37. The molecule has 0 bridgehead atoms. The van der Waals surface area contributed by atoms with E-state index < -0.39 is 28.5 Å². The van der Waals surface area contributed by atoms with Gasteiger partial charge in [-0.1, -0.05) is 153 Å². The number of nitrogens with one attached hydrogen (secondary N) is 1. The molecule has 4 heterocycles. The second-order valence-corrected chi connectivity index (χ2v) is 48.1. The molecule has 23 nitrogen and oxygen atoms in total. The number of amides is 3. The molecular formula is C96H155N7O16S2Si2. The van der Waals surface area contributed by atoms with E-state index in [0.29, 0.717) is 82.4 Å². The molecule has 690 valence electrons. The van der Waals surface area contributed by atoms with Gasteiger partial charge in [0.2, 0.25) is 11.8 Å². The Kier molecular flexibility index (Phi) is 46.2. The van der Waals surface area contributed by atoms with Crippen LogP contribution in [0.1, 0.15) is 305 Å². The number of likely N-dealkylation sites (tertiary alicyclic amines) is 2. The summed E-state index contributed by atoms with van der Waals surface area (Å²) in [6, 6.07) is 13.7. The summed E-state index contributed by atoms with van der Waals surface area (Å²) in [4.78, 5) is 175. The lowest BCUT2D eigenvalue weighted by molar-refractivity contribution is -0.161. The second kappa shape index (κ2) is 53.2. The highest BCUT2D eigenvalue weighted by molar-refractivity contribution is 7.10. The minimum absolute atomic E-state index is 0.0150. The number of esters is 2. The fourth-order valence-electron chi connectivity index (χ4n) is 17.1. The van der Waals surface area contributed by atoms with E-state index in [1.807, 2.05) is 136 Å². The van der Waals surface area contributed by atoms with E-state index >= 15 is 0 Å².